The number of hydrogen-bond acceptors (Lipinski definition) is 1. The minimum atomic E-state index is -8.47. The van der Waals surface area contributed by atoms with Crippen LogP contribution >= 0.6 is 0 Å². The largest absolute Gasteiger partial charge is 0.395 e. The van der Waals surface area contributed by atoms with E-state index in [9.17, 15) is 92.0 Å². The van der Waals surface area contributed by atoms with Gasteiger partial charge in [0.05, 0.1) is 0 Å². The molecule has 0 spiro atoms. The molecule has 22 heteroatoms. The molecule has 0 aromatic rings. The second kappa shape index (κ2) is 7.87. The Morgan fingerprint density at radius 1 is 0.353 bits per heavy atom. The van der Waals surface area contributed by atoms with Crippen LogP contribution in [-0.4, -0.2) is 62.1 Å². The van der Waals surface area contributed by atoms with Crippen molar-refractivity contribution in [3.8, 4) is 0 Å². The van der Waals surface area contributed by atoms with Gasteiger partial charge in [-0.05, 0) is 0 Å². The minimum absolute atomic E-state index is 1.32. The number of rotatable bonds is 10. The van der Waals surface area contributed by atoms with Crippen molar-refractivity contribution in [3.05, 3.63) is 0 Å². The van der Waals surface area contributed by atoms with Crippen molar-refractivity contribution in [2.45, 2.75) is 71.7 Å². The summed E-state index contributed by atoms with van der Waals surface area (Å²) in [5, 5.41) is -16.6. The van der Waals surface area contributed by atoms with Crippen molar-refractivity contribution in [3.63, 3.8) is 0 Å². The van der Waals surface area contributed by atoms with E-state index in [1.54, 1.807) is 0 Å². The van der Waals surface area contributed by atoms with Gasteiger partial charge in [0.2, 0.25) is 0 Å². The highest BCUT2D eigenvalue weighted by atomic mass is 32.2. The molecule has 0 amide bonds. The molecule has 0 heterocycles. The van der Waals surface area contributed by atoms with E-state index in [0.717, 1.165) is 0 Å². The van der Waals surface area contributed by atoms with Crippen molar-refractivity contribution < 1.29 is 92.0 Å². The van der Waals surface area contributed by atoms with Gasteiger partial charge in [0.15, 0.2) is 10.8 Å². The molecule has 0 saturated heterocycles. The van der Waals surface area contributed by atoms with E-state index in [0.29, 0.717) is 0 Å². The highest BCUT2D eigenvalue weighted by Gasteiger charge is 2.92. The van der Waals surface area contributed by atoms with E-state index in [1.165, 1.54) is 0 Å². The number of alkyl halides is 20. The average molecular weight is 578 g/mol. The van der Waals surface area contributed by atoms with Gasteiger partial charge in [-0.3, -0.25) is 0 Å². The smallest absolute Gasteiger partial charge is 0.247 e. The summed E-state index contributed by atoms with van der Waals surface area (Å²) in [6.45, 7) is -2.63. The Kier molecular flexibility index (Phi) is 7.58. The van der Waals surface area contributed by atoms with Gasteiger partial charge in [0.1, 0.15) is 0 Å². The van der Waals surface area contributed by atoms with Crippen LogP contribution in [0.5, 0.6) is 0 Å². The zero-order chi connectivity index (χ0) is 28.6. The van der Waals surface area contributed by atoms with Crippen LogP contribution in [0.25, 0.3) is 0 Å². The second-order valence-corrected chi connectivity index (χ2v) is 8.09. The molecule has 0 N–H and O–H groups in total. The summed E-state index contributed by atoms with van der Waals surface area (Å²) in [5.74, 6) is -61.6. The van der Waals surface area contributed by atoms with E-state index in [1.807, 2.05) is 0 Å². The van der Waals surface area contributed by atoms with Crippen molar-refractivity contribution in [2.24, 2.45) is 0 Å². The lowest BCUT2D eigenvalue weighted by atomic mass is 9.99. The van der Waals surface area contributed by atoms with Crippen LogP contribution in [0.4, 0.5) is 87.8 Å². The maximum absolute atomic E-state index is 13.5. The van der Waals surface area contributed by atoms with Crippen LogP contribution in [0, 0.1) is 0 Å². The van der Waals surface area contributed by atoms with Gasteiger partial charge in [0, 0.05) is 13.8 Å². The average Bonchev–Trinajstić information content (AvgIpc) is 2.57. The maximum atomic E-state index is 13.5. The van der Waals surface area contributed by atoms with Crippen molar-refractivity contribution in [1.29, 1.82) is 0 Å². The van der Waals surface area contributed by atoms with Gasteiger partial charge in [-0.1, -0.05) is 0 Å². The summed E-state index contributed by atoms with van der Waals surface area (Å²) >= 11 is 0. The minimum Gasteiger partial charge on any atom is -0.247 e. The third-order valence-corrected chi connectivity index (χ3v) is 5.32. The SMILES string of the molecule is CC(F)(F)C(F)(F)C(F)(F)C(F)(F)C(F)(F)S(=O)C(F)(F)C(F)(F)C(F)(F)C(F)(F)C(C)(F)F. The summed E-state index contributed by atoms with van der Waals surface area (Å²) in [7, 11) is -7.38. The van der Waals surface area contributed by atoms with Crippen LogP contribution in [0.15, 0.2) is 0 Å². The van der Waals surface area contributed by atoms with Gasteiger partial charge in [-0.2, -0.15) is 87.8 Å². The zero-order valence-electron chi connectivity index (χ0n) is 15.4. The van der Waals surface area contributed by atoms with Gasteiger partial charge in [-0.25, -0.2) is 4.21 Å². The highest BCUT2D eigenvalue weighted by molar-refractivity contribution is 7.87. The monoisotopic (exact) mass is 578 g/mol. The first-order chi connectivity index (χ1) is 14.2. The molecule has 0 saturated carbocycles. The fourth-order valence-electron chi connectivity index (χ4n) is 1.71. The molecule has 0 aliphatic rings. The van der Waals surface area contributed by atoms with E-state index in [2.05, 4.69) is 0 Å². The van der Waals surface area contributed by atoms with Gasteiger partial charge < -0.3 is 0 Å². The predicted molar refractivity (Wildman–Crippen MR) is 69.0 cm³/mol. The molecule has 0 atom stereocenters. The fourth-order valence-corrected chi connectivity index (χ4v) is 2.75. The lowest BCUT2D eigenvalue weighted by molar-refractivity contribution is -0.392. The van der Waals surface area contributed by atoms with Crippen LogP contribution in [0.1, 0.15) is 13.8 Å². The molecular formula is C12H6F20OS. The van der Waals surface area contributed by atoms with Crippen LogP contribution in [0.3, 0.4) is 0 Å². The molecule has 0 aliphatic heterocycles. The fraction of sp³-hybridized carbons (Fsp3) is 1.00. The van der Waals surface area contributed by atoms with E-state index in [4.69, 9.17) is 0 Å². The molecule has 0 aliphatic carbocycles. The van der Waals surface area contributed by atoms with Gasteiger partial charge in [0.25, 0.3) is 0 Å². The van der Waals surface area contributed by atoms with E-state index in [-0.39, 0.29) is 0 Å². The van der Waals surface area contributed by atoms with Crippen molar-refractivity contribution >= 4 is 10.8 Å². The Balaban J connectivity index is 6.90. The molecule has 34 heavy (non-hydrogen) atoms. The summed E-state index contributed by atoms with van der Waals surface area (Å²) in [5.41, 5.74) is 0. The predicted octanol–water partition coefficient (Wildman–Crippen LogP) is 7.04. The lowest BCUT2D eigenvalue weighted by Gasteiger charge is -2.41. The molecule has 0 rings (SSSR count). The molecular weight excluding hydrogens is 572 g/mol. The third-order valence-electron chi connectivity index (χ3n) is 3.88. The molecule has 0 bridgehead atoms. The molecule has 1 nitrogen and oxygen atoms in total. The van der Waals surface area contributed by atoms with Crippen LogP contribution in [0.2, 0.25) is 0 Å². The van der Waals surface area contributed by atoms with Gasteiger partial charge >= 0.3 is 57.9 Å². The quantitative estimate of drug-likeness (QED) is 0.254. The Hall–Kier alpha value is -1.25. The number of hydrogen-bond donors (Lipinski definition) is 0. The first-order valence-electron chi connectivity index (χ1n) is 7.35. The lowest BCUT2D eigenvalue weighted by Crippen LogP contribution is -2.72. The van der Waals surface area contributed by atoms with E-state index >= 15 is 0 Å². The Labute approximate surface area is 175 Å². The summed E-state index contributed by atoms with van der Waals surface area (Å²) in [6, 6.07) is 0. The number of halogens is 20. The third kappa shape index (κ3) is 3.97. The summed E-state index contributed by atoms with van der Waals surface area (Å²) in [6.07, 6.45) is 0. The maximum Gasteiger partial charge on any atom is 0.395 e. The van der Waals surface area contributed by atoms with Crippen molar-refractivity contribution in [2.75, 3.05) is 0 Å². The first-order valence-corrected chi connectivity index (χ1v) is 8.50. The zero-order valence-corrected chi connectivity index (χ0v) is 16.2. The summed E-state index contributed by atoms with van der Waals surface area (Å²) in [4.78, 5) is 0. The van der Waals surface area contributed by atoms with Crippen molar-refractivity contribution in [1.82, 2.24) is 0 Å². The summed E-state index contributed by atoms with van der Waals surface area (Å²) < 4.78 is 273. The highest BCUT2D eigenvalue weighted by Crippen LogP contribution is 2.62. The normalized spacial score (nSPS) is 16.9. The van der Waals surface area contributed by atoms with Gasteiger partial charge in [-0.15, -0.1) is 0 Å². The van der Waals surface area contributed by atoms with Crippen LogP contribution < -0.4 is 0 Å². The standard InChI is InChI=1S/C12H6F20OS/c1-3(13,14)5(17,18)7(21,22)9(25,26)11(29,30)34(33)12(31,32)10(27,28)8(23,24)6(19,20)4(2,15)16/h1-2H3. The topological polar surface area (TPSA) is 17.1 Å². The molecule has 0 fully saturated rings. The Bertz CT molecular complexity index is 722. The molecule has 0 radical (unpaired) electrons. The molecule has 206 valence electrons. The first kappa shape index (κ1) is 32.8. The Morgan fingerprint density at radius 2 is 0.529 bits per heavy atom. The molecule has 0 aromatic heterocycles. The molecule has 0 aromatic carbocycles. The Morgan fingerprint density at radius 3 is 0.676 bits per heavy atom. The molecule has 0 unspecified atom stereocenters. The second-order valence-electron chi connectivity index (χ2n) is 6.53. The van der Waals surface area contributed by atoms with Crippen LogP contribution in [-0.2, 0) is 10.8 Å². The van der Waals surface area contributed by atoms with E-state index < -0.39 is 82.5 Å².